The number of amides is 1. The van der Waals surface area contributed by atoms with Crippen molar-refractivity contribution >= 4 is 23.3 Å². The first-order valence-electron chi connectivity index (χ1n) is 10.4. The standard InChI is InChI=1S/C25H26N2O3S/c28-25(10-9-24-4-2-14-31-24)27(17-21-3-1-12-26-15-21)16-20-5-7-23(8-6-20)30-19-22-11-13-29-18-22/h1-10,12,14-15,22H,11,13,16-19H2/b10-9+/t22-/m1/s1. The van der Waals surface area contributed by atoms with Crippen molar-refractivity contribution in [3.8, 4) is 5.75 Å². The van der Waals surface area contributed by atoms with E-state index in [0.29, 0.717) is 25.6 Å². The Labute approximate surface area is 187 Å². The van der Waals surface area contributed by atoms with Crippen LogP contribution in [0.2, 0.25) is 0 Å². The van der Waals surface area contributed by atoms with Crippen LogP contribution in [-0.2, 0) is 22.6 Å². The minimum absolute atomic E-state index is 0.0289. The summed E-state index contributed by atoms with van der Waals surface area (Å²) in [5.41, 5.74) is 2.05. The van der Waals surface area contributed by atoms with Gasteiger partial charge in [0.25, 0.3) is 0 Å². The number of thiophene rings is 1. The third kappa shape index (κ3) is 6.51. The van der Waals surface area contributed by atoms with Crippen LogP contribution in [0.1, 0.15) is 22.4 Å². The van der Waals surface area contributed by atoms with E-state index in [9.17, 15) is 4.79 Å². The summed E-state index contributed by atoms with van der Waals surface area (Å²) in [6.45, 7) is 3.30. The van der Waals surface area contributed by atoms with Crippen LogP contribution in [0.25, 0.3) is 6.08 Å². The Hall–Kier alpha value is -2.96. The van der Waals surface area contributed by atoms with Crippen LogP contribution in [-0.4, -0.2) is 35.6 Å². The fraction of sp³-hybridized carbons (Fsp3) is 0.280. The number of carbonyl (C=O) groups excluding carboxylic acids is 1. The molecule has 0 aliphatic carbocycles. The lowest BCUT2D eigenvalue weighted by Crippen LogP contribution is -2.28. The third-order valence-corrected chi connectivity index (χ3v) is 5.99. The van der Waals surface area contributed by atoms with E-state index in [1.807, 2.05) is 64.9 Å². The first-order valence-corrected chi connectivity index (χ1v) is 11.3. The molecule has 0 N–H and O–H groups in total. The Morgan fingerprint density at radius 2 is 2.03 bits per heavy atom. The van der Waals surface area contributed by atoms with Gasteiger partial charge in [0.05, 0.1) is 13.2 Å². The van der Waals surface area contributed by atoms with E-state index in [0.717, 1.165) is 41.4 Å². The summed E-state index contributed by atoms with van der Waals surface area (Å²) < 4.78 is 11.3. The SMILES string of the molecule is O=C(/C=C/c1cccs1)N(Cc1ccc(OC[C@@H]2CCOC2)cc1)Cc1cccnc1. The molecule has 0 bridgehead atoms. The van der Waals surface area contributed by atoms with Crippen molar-refractivity contribution in [1.29, 1.82) is 0 Å². The second-order valence-corrected chi connectivity index (χ2v) is 8.57. The zero-order valence-corrected chi connectivity index (χ0v) is 18.2. The normalized spacial score (nSPS) is 15.9. The molecule has 1 atom stereocenters. The molecule has 1 fully saturated rings. The molecule has 5 nitrogen and oxygen atoms in total. The van der Waals surface area contributed by atoms with Gasteiger partial charge in [0.1, 0.15) is 5.75 Å². The van der Waals surface area contributed by atoms with Crippen LogP contribution in [0.3, 0.4) is 0 Å². The molecule has 0 saturated carbocycles. The largest absolute Gasteiger partial charge is 0.493 e. The summed E-state index contributed by atoms with van der Waals surface area (Å²) >= 11 is 1.61. The maximum atomic E-state index is 13.0. The molecule has 0 unspecified atom stereocenters. The van der Waals surface area contributed by atoms with Crippen molar-refractivity contribution in [2.24, 2.45) is 5.92 Å². The van der Waals surface area contributed by atoms with Crippen molar-refractivity contribution in [3.63, 3.8) is 0 Å². The van der Waals surface area contributed by atoms with Crippen LogP contribution in [0.4, 0.5) is 0 Å². The van der Waals surface area contributed by atoms with Crippen molar-refractivity contribution in [1.82, 2.24) is 9.88 Å². The van der Waals surface area contributed by atoms with Gasteiger partial charge in [-0.2, -0.15) is 0 Å². The highest BCUT2D eigenvalue weighted by Crippen LogP contribution is 2.19. The Bertz CT molecular complexity index is 966. The quantitative estimate of drug-likeness (QED) is 0.454. The van der Waals surface area contributed by atoms with E-state index in [1.54, 1.807) is 29.8 Å². The van der Waals surface area contributed by atoms with Gasteiger partial charge in [-0.1, -0.05) is 24.3 Å². The Morgan fingerprint density at radius 1 is 1.16 bits per heavy atom. The van der Waals surface area contributed by atoms with E-state index in [2.05, 4.69) is 4.98 Å². The second kappa shape index (κ2) is 10.9. The van der Waals surface area contributed by atoms with Crippen molar-refractivity contribution in [2.45, 2.75) is 19.5 Å². The number of nitrogens with zero attached hydrogens (tertiary/aromatic N) is 2. The van der Waals surface area contributed by atoms with Crippen LogP contribution >= 0.6 is 11.3 Å². The number of carbonyl (C=O) groups is 1. The van der Waals surface area contributed by atoms with Gasteiger partial charge in [0.2, 0.25) is 5.91 Å². The van der Waals surface area contributed by atoms with E-state index in [4.69, 9.17) is 9.47 Å². The Kier molecular flexibility index (Phi) is 7.47. The van der Waals surface area contributed by atoms with E-state index < -0.39 is 0 Å². The molecule has 4 rings (SSSR count). The first-order chi connectivity index (χ1) is 15.3. The zero-order chi connectivity index (χ0) is 21.3. The maximum Gasteiger partial charge on any atom is 0.247 e. The Balaban J connectivity index is 1.41. The molecule has 1 aromatic carbocycles. The highest BCUT2D eigenvalue weighted by molar-refractivity contribution is 7.10. The number of hydrogen-bond donors (Lipinski definition) is 0. The number of benzene rings is 1. The number of ether oxygens (including phenoxy) is 2. The van der Waals surface area contributed by atoms with Crippen molar-refractivity contribution < 1.29 is 14.3 Å². The van der Waals surface area contributed by atoms with Gasteiger partial charge in [0, 0.05) is 49.0 Å². The molecule has 1 amide bonds. The molecule has 160 valence electrons. The average Bonchev–Trinajstić information content (AvgIpc) is 3.51. The third-order valence-electron chi connectivity index (χ3n) is 5.15. The summed E-state index contributed by atoms with van der Waals surface area (Å²) in [7, 11) is 0. The predicted octanol–water partition coefficient (Wildman–Crippen LogP) is 4.80. The number of hydrogen-bond acceptors (Lipinski definition) is 5. The fourth-order valence-corrected chi connectivity index (χ4v) is 4.03. The van der Waals surface area contributed by atoms with E-state index in [1.165, 1.54) is 0 Å². The van der Waals surface area contributed by atoms with Crippen LogP contribution in [0, 0.1) is 5.92 Å². The summed E-state index contributed by atoms with van der Waals surface area (Å²) in [6, 6.07) is 15.8. The fourth-order valence-electron chi connectivity index (χ4n) is 3.41. The molecule has 31 heavy (non-hydrogen) atoms. The lowest BCUT2D eigenvalue weighted by atomic mass is 10.1. The van der Waals surface area contributed by atoms with Crippen molar-refractivity contribution in [3.05, 3.63) is 88.4 Å². The minimum Gasteiger partial charge on any atom is -0.493 e. The lowest BCUT2D eigenvalue weighted by Gasteiger charge is -2.22. The molecular weight excluding hydrogens is 408 g/mol. The monoisotopic (exact) mass is 434 g/mol. The molecule has 1 saturated heterocycles. The summed E-state index contributed by atoms with van der Waals surface area (Å²) in [5, 5.41) is 2.00. The molecule has 0 spiro atoms. The highest BCUT2D eigenvalue weighted by atomic mass is 32.1. The number of rotatable bonds is 9. The number of aromatic nitrogens is 1. The van der Waals surface area contributed by atoms with Crippen LogP contribution in [0.5, 0.6) is 5.75 Å². The Morgan fingerprint density at radius 3 is 2.74 bits per heavy atom. The van der Waals surface area contributed by atoms with Crippen LogP contribution in [0.15, 0.2) is 72.4 Å². The summed E-state index contributed by atoms with van der Waals surface area (Å²) in [5.74, 6) is 1.29. The van der Waals surface area contributed by atoms with Gasteiger partial charge in [-0.05, 0) is 53.3 Å². The first kappa shape index (κ1) is 21.3. The average molecular weight is 435 g/mol. The lowest BCUT2D eigenvalue weighted by molar-refractivity contribution is -0.127. The van der Waals surface area contributed by atoms with Gasteiger partial charge < -0.3 is 14.4 Å². The van der Waals surface area contributed by atoms with E-state index in [-0.39, 0.29) is 5.91 Å². The number of pyridine rings is 1. The van der Waals surface area contributed by atoms with Crippen molar-refractivity contribution in [2.75, 3.05) is 19.8 Å². The topological polar surface area (TPSA) is 51.7 Å². The second-order valence-electron chi connectivity index (χ2n) is 7.59. The predicted molar refractivity (Wildman–Crippen MR) is 123 cm³/mol. The maximum absolute atomic E-state index is 13.0. The smallest absolute Gasteiger partial charge is 0.247 e. The summed E-state index contributed by atoms with van der Waals surface area (Å²) in [4.78, 5) is 20.0. The van der Waals surface area contributed by atoms with Gasteiger partial charge in [0.15, 0.2) is 0 Å². The van der Waals surface area contributed by atoms with Gasteiger partial charge in [-0.25, -0.2) is 0 Å². The minimum atomic E-state index is -0.0289. The van der Waals surface area contributed by atoms with Crippen LogP contribution < -0.4 is 4.74 Å². The molecule has 1 aliphatic heterocycles. The van der Waals surface area contributed by atoms with Gasteiger partial charge in [-0.15, -0.1) is 11.3 Å². The summed E-state index contributed by atoms with van der Waals surface area (Å²) in [6.07, 6.45) is 8.11. The molecule has 3 aromatic rings. The molecule has 6 heteroatoms. The molecule has 0 radical (unpaired) electrons. The van der Waals surface area contributed by atoms with Gasteiger partial charge in [-0.3, -0.25) is 9.78 Å². The zero-order valence-electron chi connectivity index (χ0n) is 17.4. The molecule has 1 aliphatic rings. The molecule has 3 heterocycles. The molecule has 2 aromatic heterocycles. The van der Waals surface area contributed by atoms with Gasteiger partial charge >= 0.3 is 0 Å². The highest BCUT2D eigenvalue weighted by Gasteiger charge is 2.16. The van der Waals surface area contributed by atoms with E-state index >= 15 is 0 Å². The molecular formula is C25H26N2O3S.